The van der Waals surface area contributed by atoms with Gasteiger partial charge in [-0.05, 0) is 59.0 Å². The van der Waals surface area contributed by atoms with Crippen LogP contribution >= 0.6 is 22.6 Å². The molecule has 1 fully saturated rings. The van der Waals surface area contributed by atoms with Crippen molar-refractivity contribution in [2.75, 3.05) is 0 Å². The fraction of sp³-hybridized carbons (Fsp3) is 0.400. The van der Waals surface area contributed by atoms with Crippen LogP contribution in [0, 0.1) is 9.49 Å². The third-order valence-electron chi connectivity index (χ3n) is 2.50. The summed E-state index contributed by atoms with van der Waals surface area (Å²) in [4.78, 5) is 0. The molecule has 0 bridgehead atoms. The molecule has 1 aliphatic carbocycles. The van der Waals surface area contributed by atoms with E-state index in [1.54, 1.807) is 0 Å². The lowest BCUT2D eigenvalue weighted by molar-refractivity contribution is 0.496. The van der Waals surface area contributed by atoms with Crippen molar-refractivity contribution in [3.63, 3.8) is 0 Å². The van der Waals surface area contributed by atoms with E-state index in [2.05, 4.69) is 52.3 Å². The van der Waals surface area contributed by atoms with Crippen molar-refractivity contribution < 1.29 is 0 Å². The first-order valence-corrected chi connectivity index (χ1v) is 5.60. The van der Waals surface area contributed by atoms with E-state index in [-0.39, 0.29) is 0 Å². The highest BCUT2D eigenvalue weighted by atomic mass is 127. The normalized spacial score (nSPS) is 18.6. The molecule has 2 rings (SSSR count). The highest BCUT2D eigenvalue weighted by Crippen LogP contribution is 2.40. The van der Waals surface area contributed by atoms with Crippen molar-refractivity contribution in [1.29, 1.82) is 0 Å². The molecule has 3 N–H and O–H groups in total. The number of hydrazine groups is 1. The molecule has 0 spiro atoms. The van der Waals surface area contributed by atoms with Gasteiger partial charge in [0.15, 0.2) is 0 Å². The average molecular weight is 288 g/mol. The molecule has 1 atom stereocenters. The average Bonchev–Trinajstić information content (AvgIpc) is 2.93. The van der Waals surface area contributed by atoms with Crippen LogP contribution in [0.15, 0.2) is 24.3 Å². The molecular formula is C10H13IN2. The van der Waals surface area contributed by atoms with E-state index >= 15 is 0 Å². The molecule has 13 heavy (non-hydrogen) atoms. The number of nitrogens with one attached hydrogen (secondary N) is 1. The summed E-state index contributed by atoms with van der Waals surface area (Å²) in [5.41, 5.74) is 4.21. The van der Waals surface area contributed by atoms with Crippen LogP contribution in [0.5, 0.6) is 0 Å². The fourth-order valence-electron chi connectivity index (χ4n) is 1.60. The van der Waals surface area contributed by atoms with Crippen molar-refractivity contribution in [2.45, 2.75) is 18.9 Å². The maximum atomic E-state index is 5.53. The van der Waals surface area contributed by atoms with Crippen molar-refractivity contribution in [3.8, 4) is 0 Å². The summed E-state index contributed by atoms with van der Waals surface area (Å²) < 4.78 is 1.27. The Morgan fingerprint density at radius 3 is 2.38 bits per heavy atom. The van der Waals surface area contributed by atoms with Gasteiger partial charge in [0.25, 0.3) is 0 Å². The van der Waals surface area contributed by atoms with Gasteiger partial charge in [-0.2, -0.15) is 0 Å². The van der Waals surface area contributed by atoms with Gasteiger partial charge in [0, 0.05) is 9.61 Å². The quantitative estimate of drug-likeness (QED) is 0.508. The molecule has 1 aromatic carbocycles. The number of hydrogen-bond donors (Lipinski definition) is 2. The standard InChI is InChI=1S/C10H13IN2/c11-9-5-3-8(4-6-9)10(13-12)7-1-2-7/h3-7,10,13H,1-2,12H2. The van der Waals surface area contributed by atoms with E-state index in [0.717, 1.165) is 5.92 Å². The van der Waals surface area contributed by atoms with Crippen molar-refractivity contribution in [2.24, 2.45) is 11.8 Å². The van der Waals surface area contributed by atoms with E-state index in [0.29, 0.717) is 6.04 Å². The molecule has 1 unspecified atom stereocenters. The van der Waals surface area contributed by atoms with Crippen LogP contribution in [0.25, 0.3) is 0 Å². The van der Waals surface area contributed by atoms with Gasteiger partial charge in [-0.15, -0.1) is 0 Å². The minimum absolute atomic E-state index is 0.358. The zero-order chi connectivity index (χ0) is 9.26. The third-order valence-corrected chi connectivity index (χ3v) is 3.22. The molecule has 1 aromatic rings. The Morgan fingerprint density at radius 2 is 1.92 bits per heavy atom. The largest absolute Gasteiger partial charge is 0.271 e. The summed E-state index contributed by atoms with van der Waals surface area (Å²) >= 11 is 2.31. The summed E-state index contributed by atoms with van der Waals surface area (Å²) in [5, 5.41) is 0. The lowest BCUT2D eigenvalue weighted by Gasteiger charge is -2.15. The molecule has 0 aliphatic heterocycles. The number of benzene rings is 1. The van der Waals surface area contributed by atoms with Crippen LogP contribution in [0.3, 0.4) is 0 Å². The monoisotopic (exact) mass is 288 g/mol. The van der Waals surface area contributed by atoms with Gasteiger partial charge in [-0.25, -0.2) is 0 Å². The van der Waals surface area contributed by atoms with Crippen LogP contribution in [-0.4, -0.2) is 0 Å². The maximum absolute atomic E-state index is 5.53. The second-order valence-corrected chi connectivity index (χ2v) is 4.78. The molecule has 0 heterocycles. The highest BCUT2D eigenvalue weighted by Gasteiger charge is 2.31. The van der Waals surface area contributed by atoms with E-state index < -0.39 is 0 Å². The lowest BCUT2D eigenvalue weighted by Crippen LogP contribution is -2.29. The summed E-state index contributed by atoms with van der Waals surface area (Å²) in [6, 6.07) is 8.93. The first-order valence-electron chi connectivity index (χ1n) is 4.53. The SMILES string of the molecule is NNC(c1ccc(I)cc1)C1CC1. The van der Waals surface area contributed by atoms with Crippen molar-refractivity contribution >= 4 is 22.6 Å². The zero-order valence-corrected chi connectivity index (χ0v) is 9.49. The first-order chi connectivity index (χ1) is 6.31. The Balaban J connectivity index is 2.17. The highest BCUT2D eigenvalue weighted by molar-refractivity contribution is 14.1. The molecule has 1 aliphatic rings. The molecule has 0 saturated heterocycles. The molecule has 3 heteroatoms. The van der Waals surface area contributed by atoms with Crippen LogP contribution in [0.1, 0.15) is 24.4 Å². The van der Waals surface area contributed by atoms with E-state index in [1.807, 2.05) is 0 Å². The molecule has 0 aromatic heterocycles. The van der Waals surface area contributed by atoms with Gasteiger partial charge in [0.1, 0.15) is 0 Å². The van der Waals surface area contributed by atoms with Gasteiger partial charge >= 0.3 is 0 Å². The molecule has 2 nitrogen and oxygen atoms in total. The minimum Gasteiger partial charge on any atom is -0.271 e. The maximum Gasteiger partial charge on any atom is 0.0488 e. The van der Waals surface area contributed by atoms with Gasteiger partial charge in [-0.1, -0.05) is 12.1 Å². The second kappa shape index (κ2) is 3.94. The Kier molecular flexibility index (Phi) is 2.86. The summed E-state index contributed by atoms with van der Waals surface area (Å²) in [7, 11) is 0. The number of nitrogens with two attached hydrogens (primary N) is 1. The number of rotatable bonds is 3. The summed E-state index contributed by atoms with van der Waals surface area (Å²) in [6.07, 6.45) is 2.61. The smallest absolute Gasteiger partial charge is 0.0488 e. The predicted octanol–water partition coefficient (Wildman–Crippen LogP) is 2.21. The Bertz CT molecular complexity index is 279. The molecule has 1 saturated carbocycles. The van der Waals surface area contributed by atoms with Crippen LogP contribution < -0.4 is 11.3 Å². The van der Waals surface area contributed by atoms with Crippen LogP contribution in [0.2, 0.25) is 0 Å². The van der Waals surface area contributed by atoms with Crippen molar-refractivity contribution in [3.05, 3.63) is 33.4 Å². The first kappa shape index (κ1) is 9.43. The summed E-state index contributed by atoms with van der Waals surface area (Å²) in [5.74, 6) is 6.29. The Hall–Kier alpha value is -0.130. The van der Waals surface area contributed by atoms with E-state index in [1.165, 1.54) is 22.0 Å². The van der Waals surface area contributed by atoms with Crippen molar-refractivity contribution in [1.82, 2.24) is 5.43 Å². The van der Waals surface area contributed by atoms with E-state index in [9.17, 15) is 0 Å². The second-order valence-electron chi connectivity index (χ2n) is 3.53. The molecular weight excluding hydrogens is 275 g/mol. The van der Waals surface area contributed by atoms with Gasteiger partial charge in [0.2, 0.25) is 0 Å². The molecule has 0 amide bonds. The van der Waals surface area contributed by atoms with Gasteiger partial charge in [-0.3, -0.25) is 11.3 Å². The topological polar surface area (TPSA) is 38.0 Å². The van der Waals surface area contributed by atoms with Gasteiger partial charge < -0.3 is 0 Å². The number of hydrogen-bond acceptors (Lipinski definition) is 2. The van der Waals surface area contributed by atoms with Gasteiger partial charge in [0.05, 0.1) is 0 Å². The molecule has 0 radical (unpaired) electrons. The predicted molar refractivity (Wildman–Crippen MR) is 61.9 cm³/mol. The summed E-state index contributed by atoms with van der Waals surface area (Å²) in [6.45, 7) is 0. The minimum atomic E-state index is 0.358. The fourth-order valence-corrected chi connectivity index (χ4v) is 1.96. The Morgan fingerprint density at radius 1 is 1.31 bits per heavy atom. The number of halogens is 1. The van der Waals surface area contributed by atoms with Crippen LogP contribution in [0.4, 0.5) is 0 Å². The molecule has 70 valence electrons. The third kappa shape index (κ3) is 2.21. The Labute approximate surface area is 92.0 Å². The van der Waals surface area contributed by atoms with E-state index in [4.69, 9.17) is 5.84 Å². The van der Waals surface area contributed by atoms with Crippen LogP contribution in [-0.2, 0) is 0 Å². The lowest BCUT2D eigenvalue weighted by atomic mass is 10.0. The zero-order valence-electron chi connectivity index (χ0n) is 7.33.